The summed E-state index contributed by atoms with van der Waals surface area (Å²) in [5.41, 5.74) is 1.68. The van der Waals surface area contributed by atoms with Gasteiger partial charge in [-0.1, -0.05) is 12.1 Å². The van der Waals surface area contributed by atoms with Crippen molar-refractivity contribution in [3.8, 4) is 5.75 Å². The Hall–Kier alpha value is -2.26. The minimum Gasteiger partial charge on any atom is -0.489 e. The summed E-state index contributed by atoms with van der Waals surface area (Å²) in [6.45, 7) is 2.03. The molecule has 1 unspecified atom stereocenters. The predicted molar refractivity (Wildman–Crippen MR) is 99.3 cm³/mol. The molecule has 3 heterocycles. The number of anilines is 1. The molecule has 0 saturated carbocycles. The van der Waals surface area contributed by atoms with E-state index in [2.05, 4.69) is 42.6 Å². The van der Waals surface area contributed by atoms with Gasteiger partial charge in [0.25, 0.3) is 0 Å². The van der Waals surface area contributed by atoms with E-state index < -0.39 is 0 Å². The molecule has 8 nitrogen and oxygen atoms in total. The Morgan fingerprint density at radius 1 is 1.35 bits per heavy atom. The first-order valence-electron chi connectivity index (χ1n) is 8.49. The Balaban J connectivity index is 1.51. The second kappa shape index (κ2) is 7.55. The lowest BCUT2D eigenvalue weighted by molar-refractivity contribution is 0.0673. The summed E-state index contributed by atoms with van der Waals surface area (Å²) in [4.78, 5) is 2.03. The lowest BCUT2D eigenvalue weighted by Gasteiger charge is -2.21. The first-order valence-corrected chi connectivity index (χ1v) is 9.28. The Labute approximate surface area is 159 Å². The molecule has 3 aromatic rings. The lowest BCUT2D eigenvalue weighted by atomic mass is 10.2. The third kappa shape index (κ3) is 3.63. The van der Waals surface area contributed by atoms with Gasteiger partial charge in [-0.25, -0.2) is 0 Å². The highest BCUT2D eigenvalue weighted by Crippen LogP contribution is 2.31. The highest BCUT2D eigenvalue weighted by Gasteiger charge is 2.18. The Kier molecular flexibility index (Phi) is 4.98. The molecule has 0 spiro atoms. The average molecular weight is 419 g/mol. The second-order valence-electron chi connectivity index (χ2n) is 6.25. The van der Waals surface area contributed by atoms with Gasteiger partial charge in [0.1, 0.15) is 12.4 Å². The number of fused-ring (bicyclic) bond motifs is 1. The molecular formula is C17H19BrN6O2. The van der Waals surface area contributed by atoms with Crippen LogP contribution in [0.4, 0.5) is 5.82 Å². The number of tetrazole rings is 1. The van der Waals surface area contributed by atoms with E-state index in [0.29, 0.717) is 18.8 Å². The van der Waals surface area contributed by atoms with Gasteiger partial charge in [0.2, 0.25) is 0 Å². The van der Waals surface area contributed by atoms with E-state index in [0.717, 1.165) is 41.1 Å². The normalized spacial score (nSPS) is 16.9. The average Bonchev–Trinajstić information content (AvgIpc) is 3.32. The fourth-order valence-electron chi connectivity index (χ4n) is 2.97. The first kappa shape index (κ1) is 17.2. The number of halogens is 1. The SMILES string of the molecule is CN(Cc1cccc(Br)c1OCC1CCCO1)c1ccc2nnnn2n1. The van der Waals surface area contributed by atoms with Crippen LogP contribution in [0.15, 0.2) is 34.8 Å². The van der Waals surface area contributed by atoms with E-state index in [-0.39, 0.29) is 6.10 Å². The van der Waals surface area contributed by atoms with Gasteiger partial charge in [-0.3, -0.25) is 0 Å². The third-order valence-electron chi connectivity index (χ3n) is 4.34. The molecule has 26 heavy (non-hydrogen) atoms. The maximum Gasteiger partial charge on any atom is 0.200 e. The minimum absolute atomic E-state index is 0.177. The number of benzene rings is 1. The Morgan fingerprint density at radius 3 is 3.12 bits per heavy atom. The van der Waals surface area contributed by atoms with E-state index in [1.165, 1.54) is 4.63 Å². The van der Waals surface area contributed by atoms with Crippen molar-refractivity contribution in [1.82, 2.24) is 25.3 Å². The summed E-state index contributed by atoms with van der Waals surface area (Å²) >= 11 is 3.60. The summed E-state index contributed by atoms with van der Waals surface area (Å²) in [5.74, 6) is 1.62. The molecule has 0 radical (unpaired) electrons. The van der Waals surface area contributed by atoms with Crippen molar-refractivity contribution in [3.05, 3.63) is 40.4 Å². The van der Waals surface area contributed by atoms with Crippen molar-refractivity contribution < 1.29 is 9.47 Å². The molecule has 136 valence electrons. The van der Waals surface area contributed by atoms with Crippen LogP contribution in [-0.2, 0) is 11.3 Å². The number of ether oxygens (including phenoxy) is 2. The smallest absolute Gasteiger partial charge is 0.200 e. The zero-order valence-corrected chi connectivity index (χ0v) is 16.0. The largest absolute Gasteiger partial charge is 0.489 e. The summed E-state index contributed by atoms with van der Waals surface area (Å²) < 4.78 is 14.1. The molecule has 1 aliphatic rings. The lowest BCUT2D eigenvalue weighted by Crippen LogP contribution is -2.21. The number of hydrogen-bond acceptors (Lipinski definition) is 7. The number of nitrogens with zero attached hydrogens (tertiary/aromatic N) is 6. The predicted octanol–water partition coefficient (Wildman–Crippen LogP) is 2.48. The molecule has 0 aliphatic carbocycles. The third-order valence-corrected chi connectivity index (χ3v) is 4.96. The van der Waals surface area contributed by atoms with Crippen LogP contribution in [0.25, 0.3) is 5.65 Å². The number of hydrogen-bond donors (Lipinski definition) is 0. The van der Waals surface area contributed by atoms with Crippen LogP contribution in [0.3, 0.4) is 0 Å². The summed E-state index contributed by atoms with van der Waals surface area (Å²) in [5, 5.41) is 15.8. The molecule has 0 bridgehead atoms. The second-order valence-corrected chi connectivity index (χ2v) is 7.10. The summed E-state index contributed by atoms with van der Waals surface area (Å²) in [6.07, 6.45) is 2.33. The maximum atomic E-state index is 6.09. The Bertz CT molecular complexity index is 896. The van der Waals surface area contributed by atoms with Crippen molar-refractivity contribution in [2.24, 2.45) is 0 Å². The molecule has 0 amide bonds. The van der Waals surface area contributed by atoms with E-state index >= 15 is 0 Å². The summed E-state index contributed by atoms with van der Waals surface area (Å²) in [6, 6.07) is 9.79. The number of rotatable bonds is 6. The number of aromatic nitrogens is 5. The van der Waals surface area contributed by atoms with Crippen molar-refractivity contribution in [3.63, 3.8) is 0 Å². The van der Waals surface area contributed by atoms with Crippen LogP contribution in [0.2, 0.25) is 0 Å². The van der Waals surface area contributed by atoms with Gasteiger partial charge in [0, 0.05) is 25.8 Å². The van der Waals surface area contributed by atoms with Gasteiger partial charge in [-0.05, 0) is 57.4 Å². The molecule has 1 saturated heterocycles. The molecule has 0 N–H and O–H groups in total. The highest BCUT2D eigenvalue weighted by atomic mass is 79.9. The minimum atomic E-state index is 0.177. The standard InChI is InChI=1S/C17H19BrN6O2/c1-23(16-8-7-15-19-21-22-24(15)20-16)10-12-4-2-6-14(18)17(12)26-11-13-5-3-9-25-13/h2,4,6-8,13H,3,5,9-11H2,1H3. The van der Waals surface area contributed by atoms with Gasteiger partial charge < -0.3 is 14.4 Å². The maximum absolute atomic E-state index is 6.09. The Morgan fingerprint density at radius 2 is 2.27 bits per heavy atom. The van der Waals surface area contributed by atoms with Crippen LogP contribution in [0.5, 0.6) is 5.75 Å². The molecule has 9 heteroatoms. The monoisotopic (exact) mass is 418 g/mol. The molecular weight excluding hydrogens is 400 g/mol. The molecule has 1 aromatic carbocycles. The van der Waals surface area contributed by atoms with Crippen molar-refractivity contribution in [2.75, 3.05) is 25.2 Å². The van der Waals surface area contributed by atoms with Gasteiger partial charge in [-0.15, -0.1) is 14.8 Å². The van der Waals surface area contributed by atoms with Crippen molar-refractivity contribution in [1.29, 1.82) is 0 Å². The van der Waals surface area contributed by atoms with E-state index in [9.17, 15) is 0 Å². The van der Waals surface area contributed by atoms with Crippen molar-refractivity contribution >= 4 is 27.4 Å². The zero-order valence-electron chi connectivity index (χ0n) is 14.4. The van der Waals surface area contributed by atoms with Crippen LogP contribution < -0.4 is 9.64 Å². The van der Waals surface area contributed by atoms with Crippen LogP contribution >= 0.6 is 15.9 Å². The van der Waals surface area contributed by atoms with Crippen molar-refractivity contribution in [2.45, 2.75) is 25.5 Å². The van der Waals surface area contributed by atoms with E-state index in [1.54, 1.807) is 0 Å². The highest BCUT2D eigenvalue weighted by molar-refractivity contribution is 9.10. The molecule has 1 fully saturated rings. The summed E-state index contributed by atoms with van der Waals surface area (Å²) in [7, 11) is 1.98. The fraction of sp³-hybridized carbons (Fsp3) is 0.412. The number of para-hydroxylation sites is 1. The van der Waals surface area contributed by atoms with Gasteiger partial charge in [0.15, 0.2) is 11.5 Å². The topological polar surface area (TPSA) is 77.7 Å². The van der Waals surface area contributed by atoms with Crippen LogP contribution in [0.1, 0.15) is 18.4 Å². The van der Waals surface area contributed by atoms with Gasteiger partial charge in [-0.2, -0.15) is 0 Å². The fourth-order valence-corrected chi connectivity index (χ4v) is 3.49. The zero-order chi connectivity index (χ0) is 17.9. The molecule has 1 atom stereocenters. The first-order chi connectivity index (χ1) is 12.7. The molecule has 4 rings (SSSR count). The van der Waals surface area contributed by atoms with Crippen LogP contribution in [-0.4, -0.2) is 51.6 Å². The van der Waals surface area contributed by atoms with Gasteiger partial charge in [0.05, 0.1) is 10.6 Å². The molecule has 1 aliphatic heterocycles. The van der Waals surface area contributed by atoms with E-state index in [1.807, 2.05) is 36.2 Å². The quantitative estimate of drug-likeness (QED) is 0.608. The van der Waals surface area contributed by atoms with Gasteiger partial charge >= 0.3 is 0 Å². The van der Waals surface area contributed by atoms with E-state index in [4.69, 9.17) is 9.47 Å². The molecule has 2 aromatic heterocycles. The van der Waals surface area contributed by atoms with Crippen LogP contribution in [0, 0.1) is 0 Å².